The summed E-state index contributed by atoms with van der Waals surface area (Å²) in [6.45, 7) is 6.57. The average molecular weight is 455 g/mol. The number of rotatable bonds is 6. The van der Waals surface area contributed by atoms with Crippen LogP contribution < -0.4 is 0 Å². The Morgan fingerprint density at radius 3 is 2.21 bits per heavy atom. The maximum atomic E-state index is 13.4. The van der Waals surface area contributed by atoms with Crippen molar-refractivity contribution in [3.05, 3.63) is 46.8 Å². The molecular formula is C24H30N4O5. The van der Waals surface area contributed by atoms with Crippen LogP contribution in [0.2, 0.25) is 0 Å². The second kappa shape index (κ2) is 9.25. The molecule has 2 aromatic rings. The van der Waals surface area contributed by atoms with Gasteiger partial charge in [0, 0.05) is 30.7 Å². The molecule has 2 aliphatic rings. The molecule has 4 rings (SSSR count). The minimum Gasteiger partial charge on any atom is -0.465 e. The Morgan fingerprint density at radius 2 is 1.67 bits per heavy atom. The Hall–Kier alpha value is -3.36. The highest BCUT2D eigenvalue weighted by Gasteiger charge is 2.39. The van der Waals surface area contributed by atoms with Crippen LogP contribution >= 0.6 is 0 Å². The highest BCUT2D eigenvalue weighted by atomic mass is 16.5. The number of esters is 1. The zero-order valence-corrected chi connectivity index (χ0v) is 19.3. The lowest BCUT2D eigenvalue weighted by molar-refractivity contribution is 0.0521. The van der Waals surface area contributed by atoms with Crippen LogP contribution in [0.15, 0.2) is 24.3 Å². The molecule has 1 saturated carbocycles. The first-order valence-electron chi connectivity index (χ1n) is 11.5. The van der Waals surface area contributed by atoms with Crippen LogP contribution in [0.3, 0.4) is 0 Å². The Kier molecular flexibility index (Phi) is 6.40. The lowest BCUT2D eigenvalue weighted by atomic mass is 10.0. The highest BCUT2D eigenvalue weighted by Crippen LogP contribution is 2.33. The van der Waals surface area contributed by atoms with Gasteiger partial charge in [0.2, 0.25) is 0 Å². The maximum absolute atomic E-state index is 13.4. The summed E-state index contributed by atoms with van der Waals surface area (Å²) in [5, 5.41) is 13.7. The predicted octanol–water partition coefficient (Wildman–Crippen LogP) is 3.41. The van der Waals surface area contributed by atoms with Gasteiger partial charge in [-0.3, -0.25) is 4.79 Å². The number of carboxylic acid groups (broad SMARTS) is 1. The Bertz CT molecular complexity index is 1050. The van der Waals surface area contributed by atoms with Gasteiger partial charge in [0.1, 0.15) is 5.56 Å². The number of aromatic nitrogens is 2. The van der Waals surface area contributed by atoms with E-state index < -0.39 is 6.09 Å². The second-order valence-corrected chi connectivity index (χ2v) is 8.67. The van der Waals surface area contributed by atoms with Gasteiger partial charge in [-0.15, -0.1) is 0 Å². The quantitative estimate of drug-likeness (QED) is 0.671. The van der Waals surface area contributed by atoms with Crippen LogP contribution in [0.1, 0.15) is 64.7 Å². The monoisotopic (exact) mass is 454 g/mol. The van der Waals surface area contributed by atoms with E-state index in [2.05, 4.69) is 5.10 Å². The van der Waals surface area contributed by atoms with Gasteiger partial charge >= 0.3 is 12.1 Å². The number of ether oxygens (including phenoxy) is 1. The number of carbonyl (C=O) groups is 3. The van der Waals surface area contributed by atoms with Crippen molar-refractivity contribution in [3.63, 3.8) is 0 Å². The number of aryl methyl sites for hydroxylation is 1. The van der Waals surface area contributed by atoms with Gasteiger partial charge in [0.15, 0.2) is 0 Å². The fourth-order valence-electron chi connectivity index (χ4n) is 4.60. The summed E-state index contributed by atoms with van der Waals surface area (Å²) < 4.78 is 6.83. The summed E-state index contributed by atoms with van der Waals surface area (Å²) in [6.07, 6.45) is 2.41. The second-order valence-electron chi connectivity index (χ2n) is 8.67. The molecule has 176 valence electrons. The molecule has 9 nitrogen and oxygen atoms in total. The SMILES string of the molecule is CCOC(=O)c1c(C)nn(-c2ccc(C(=O)N(C3CC3)C3CCN(C(=O)O)CC3)cc2)c1C. The number of benzene rings is 1. The van der Waals surface area contributed by atoms with Crippen molar-refractivity contribution in [1.82, 2.24) is 19.6 Å². The van der Waals surface area contributed by atoms with Crippen LogP contribution in [-0.4, -0.2) is 74.4 Å². The van der Waals surface area contributed by atoms with Crippen molar-refractivity contribution in [2.45, 2.75) is 58.5 Å². The third kappa shape index (κ3) is 4.58. The molecule has 2 fully saturated rings. The number of amides is 2. The Morgan fingerprint density at radius 1 is 1.06 bits per heavy atom. The molecule has 1 saturated heterocycles. The number of hydrogen-bond acceptors (Lipinski definition) is 5. The Labute approximate surface area is 192 Å². The first-order chi connectivity index (χ1) is 15.8. The first kappa shape index (κ1) is 22.8. The largest absolute Gasteiger partial charge is 0.465 e. The highest BCUT2D eigenvalue weighted by molar-refractivity contribution is 5.95. The van der Waals surface area contributed by atoms with Gasteiger partial charge in [0.25, 0.3) is 5.91 Å². The van der Waals surface area contributed by atoms with Crippen LogP contribution in [0, 0.1) is 13.8 Å². The standard InChI is InChI=1S/C24H30N4O5/c1-4-33-23(30)21-15(2)25-28(16(21)3)20-7-5-17(6-8-20)22(29)27(18-9-10-18)19-11-13-26(14-12-19)24(31)32/h5-8,18-19H,4,9-14H2,1-3H3,(H,31,32). The van der Waals surface area contributed by atoms with Gasteiger partial charge in [-0.1, -0.05) is 0 Å². The molecule has 1 N–H and O–H groups in total. The summed E-state index contributed by atoms with van der Waals surface area (Å²) in [7, 11) is 0. The number of piperidine rings is 1. The molecule has 2 amide bonds. The van der Waals surface area contributed by atoms with Gasteiger partial charge in [-0.25, -0.2) is 14.3 Å². The van der Waals surface area contributed by atoms with Crippen LogP contribution in [0.4, 0.5) is 4.79 Å². The Balaban J connectivity index is 1.52. The average Bonchev–Trinajstić information content (AvgIpc) is 3.58. The predicted molar refractivity (Wildman–Crippen MR) is 121 cm³/mol. The molecule has 0 radical (unpaired) electrons. The summed E-state index contributed by atoms with van der Waals surface area (Å²) >= 11 is 0. The number of carbonyl (C=O) groups excluding carboxylic acids is 2. The topological polar surface area (TPSA) is 105 Å². The summed E-state index contributed by atoms with van der Waals surface area (Å²) in [6, 6.07) is 7.55. The van der Waals surface area contributed by atoms with Crippen molar-refractivity contribution in [3.8, 4) is 5.69 Å². The molecule has 9 heteroatoms. The minimum atomic E-state index is -0.899. The zero-order valence-electron chi connectivity index (χ0n) is 19.3. The minimum absolute atomic E-state index is 0.0154. The summed E-state index contributed by atoms with van der Waals surface area (Å²) in [4.78, 5) is 40.2. The van der Waals surface area contributed by atoms with E-state index in [1.165, 1.54) is 4.90 Å². The molecule has 1 aliphatic carbocycles. The van der Waals surface area contributed by atoms with E-state index in [1.807, 2.05) is 24.0 Å². The van der Waals surface area contributed by atoms with Crippen molar-refractivity contribution in [2.75, 3.05) is 19.7 Å². The number of hydrogen-bond donors (Lipinski definition) is 1. The van der Waals surface area contributed by atoms with Gasteiger partial charge in [0.05, 0.1) is 23.7 Å². The molecule has 1 aromatic heterocycles. The molecule has 0 bridgehead atoms. The molecule has 2 heterocycles. The number of likely N-dealkylation sites (tertiary alicyclic amines) is 1. The number of nitrogens with zero attached hydrogens (tertiary/aromatic N) is 4. The zero-order chi connectivity index (χ0) is 23.7. The van der Waals surface area contributed by atoms with Crippen LogP contribution in [0.25, 0.3) is 5.69 Å². The lowest BCUT2D eigenvalue weighted by Gasteiger charge is -2.38. The van der Waals surface area contributed by atoms with Gasteiger partial charge < -0.3 is 19.6 Å². The van der Waals surface area contributed by atoms with E-state index in [-0.39, 0.29) is 24.0 Å². The van der Waals surface area contributed by atoms with E-state index in [9.17, 15) is 19.5 Å². The van der Waals surface area contributed by atoms with E-state index >= 15 is 0 Å². The molecule has 0 spiro atoms. The first-order valence-corrected chi connectivity index (χ1v) is 11.5. The van der Waals surface area contributed by atoms with Gasteiger partial charge in [-0.2, -0.15) is 5.10 Å². The van der Waals surface area contributed by atoms with Crippen molar-refractivity contribution in [1.29, 1.82) is 0 Å². The van der Waals surface area contributed by atoms with Crippen molar-refractivity contribution in [2.24, 2.45) is 0 Å². The third-order valence-electron chi connectivity index (χ3n) is 6.43. The normalized spacial score (nSPS) is 16.5. The van der Waals surface area contributed by atoms with Crippen LogP contribution in [0.5, 0.6) is 0 Å². The maximum Gasteiger partial charge on any atom is 0.407 e. The third-order valence-corrected chi connectivity index (χ3v) is 6.43. The van der Waals surface area contributed by atoms with Gasteiger partial charge in [-0.05, 0) is 70.7 Å². The molecule has 1 aromatic carbocycles. The molecular weight excluding hydrogens is 424 g/mol. The van der Waals surface area contributed by atoms with E-state index in [1.54, 1.807) is 30.7 Å². The smallest absolute Gasteiger partial charge is 0.407 e. The van der Waals surface area contributed by atoms with Crippen LogP contribution in [-0.2, 0) is 4.74 Å². The molecule has 33 heavy (non-hydrogen) atoms. The van der Waals surface area contributed by atoms with E-state index in [0.717, 1.165) is 18.5 Å². The summed E-state index contributed by atoms with van der Waals surface area (Å²) in [5.74, 6) is -0.405. The fourth-order valence-corrected chi connectivity index (χ4v) is 4.60. The van der Waals surface area contributed by atoms with E-state index in [4.69, 9.17) is 4.74 Å². The molecule has 0 atom stereocenters. The lowest BCUT2D eigenvalue weighted by Crippen LogP contribution is -2.49. The molecule has 0 unspecified atom stereocenters. The fraction of sp³-hybridized carbons (Fsp3) is 0.500. The van der Waals surface area contributed by atoms with Crippen molar-refractivity contribution >= 4 is 18.0 Å². The van der Waals surface area contributed by atoms with E-state index in [0.29, 0.717) is 55.1 Å². The molecule has 1 aliphatic heterocycles. The van der Waals surface area contributed by atoms with Crippen molar-refractivity contribution < 1.29 is 24.2 Å². The summed E-state index contributed by atoms with van der Waals surface area (Å²) in [5.41, 5.74) is 3.10.